The first-order valence-corrected chi connectivity index (χ1v) is 3.64. The summed E-state index contributed by atoms with van der Waals surface area (Å²) in [5.74, 6) is 0. The normalized spacial score (nSPS) is 10.8. The second-order valence-electron chi connectivity index (χ2n) is 2.80. The van der Waals surface area contributed by atoms with Gasteiger partial charge in [0, 0.05) is 5.69 Å². The van der Waals surface area contributed by atoms with Gasteiger partial charge in [0.2, 0.25) is 0 Å². The molecule has 62 valence electrons. The number of aromatic amines is 1. The summed E-state index contributed by atoms with van der Waals surface area (Å²) in [6.07, 6.45) is 0. The number of fused-ring (bicyclic) bond motifs is 1. The van der Waals surface area contributed by atoms with Crippen molar-refractivity contribution in [1.29, 1.82) is 0 Å². The molecule has 0 spiro atoms. The predicted molar refractivity (Wildman–Crippen MR) is 44.1 cm³/mol. The van der Waals surface area contributed by atoms with Crippen LogP contribution in [0, 0.1) is 13.8 Å². The molecule has 0 aliphatic heterocycles. The largest absolute Gasteiger partial charge is 0.367 e. The van der Waals surface area contributed by atoms with Crippen molar-refractivity contribution in [3.63, 3.8) is 0 Å². The minimum atomic E-state index is -0.389. The quantitative estimate of drug-likeness (QED) is 0.635. The fraction of sp³-hybridized carbons (Fsp3) is 0.250. The first-order valence-electron chi connectivity index (χ1n) is 3.64. The van der Waals surface area contributed by atoms with E-state index in [0.717, 1.165) is 11.2 Å². The monoisotopic (exact) mass is 164 g/mol. The van der Waals surface area contributed by atoms with Gasteiger partial charge in [-0.25, -0.2) is 4.79 Å². The zero-order valence-electron chi connectivity index (χ0n) is 6.84. The van der Waals surface area contributed by atoms with Crippen molar-refractivity contribution in [3.8, 4) is 0 Å². The molecule has 4 heteroatoms. The van der Waals surface area contributed by atoms with Gasteiger partial charge in [-0.2, -0.15) is 0 Å². The summed E-state index contributed by atoms with van der Waals surface area (Å²) in [5, 5.41) is 4.17. The fourth-order valence-electron chi connectivity index (χ4n) is 1.24. The van der Waals surface area contributed by atoms with E-state index in [2.05, 4.69) is 14.7 Å². The summed E-state index contributed by atoms with van der Waals surface area (Å²) in [5.41, 5.74) is 2.02. The highest BCUT2D eigenvalue weighted by molar-refractivity contribution is 5.80. The lowest BCUT2D eigenvalue weighted by molar-refractivity contribution is 0.371. The molecular weight excluding hydrogens is 156 g/mol. The Kier molecular flexibility index (Phi) is 1.30. The lowest BCUT2D eigenvalue weighted by atomic mass is 10.3. The highest BCUT2D eigenvalue weighted by Crippen LogP contribution is 2.12. The first kappa shape index (κ1) is 7.09. The number of hydrogen-bond acceptors (Lipinski definition) is 3. The van der Waals surface area contributed by atoms with Gasteiger partial charge in [-0.3, -0.25) is 0 Å². The van der Waals surface area contributed by atoms with Crippen molar-refractivity contribution in [2.45, 2.75) is 13.8 Å². The van der Waals surface area contributed by atoms with Crippen LogP contribution in [0.5, 0.6) is 0 Å². The van der Waals surface area contributed by atoms with E-state index in [4.69, 9.17) is 0 Å². The molecule has 0 aliphatic carbocycles. The van der Waals surface area contributed by atoms with E-state index in [-0.39, 0.29) is 5.63 Å². The summed E-state index contributed by atoms with van der Waals surface area (Å²) < 4.78 is 4.56. The smallest absolute Gasteiger partial charge is 0.357 e. The molecule has 0 amide bonds. The molecule has 0 saturated carbocycles. The fourth-order valence-corrected chi connectivity index (χ4v) is 1.24. The molecule has 4 nitrogen and oxygen atoms in total. The van der Waals surface area contributed by atoms with E-state index >= 15 is 0 Å². The van der Waals surface area contributed by atoms with Crippen LogP contribution in [0.2, 0.25) is 0 Å². The standard InChI is InChI=1S/C8H8N2O2/c1-4-3-6-7(9-4)5(2)10-12-8(6)11/h3,9H,1-2H3. The molecule has 0 bridgehead atoms. The van der Waals surface area contributed by atoms with E-state index in [1.54, 1.807) is 13.0 Å². The van der Waals surface area contributed by atoms with Crippen LogP contribution in [0.1, 0.15) is 11.4 Å². The molecule has 1 N–H and O–H groups in total. The molecule has 0 aliphatic rings. The third-order valence-corrected chi connectivity index (χ3v) is 1.80. The van der Waals surface area contributed by atoms with Gasteiger partial charge in [-0.1, -0.05) is 5.16 Å². The zero-order chi connectivity index (χ0) is 8.72. The van der Waals surface area contributed by atoms with E-state index in [0.29, 0.717) is 11.1 Å². The molecule has 0 saturated heterocycles. The minimum absolute atomic E-state index is 0.389. The zero-order valence-corrected chi connectivity index (χ0v) is 6.84. The highest BCUT2D eigenvalue weighted by atomic mass is 16.5. The molecule has 2 heterocycles. The number of nitrogens with zero attached hydrogens (tertiary/aromatic N) is 1. The molecule has 2 aromatic heterocycles. The number of aryl methyl sites for hydroxylation is 2. The van der Waals surface area contributed by atoms with Crippen molar-refractivity contribution in [3.05, 3.63) is 27.9 Å². The lowest BCUT2D eigenvalue weighted by Gasteiger charge is -1.89. The number of nitrogens with one attached hydrogen (secondary N) is 1. The Morgan fingerprint density at radius 3 is 2.92 bits per heavy atom. The Morgan fingerprint density at radius 2 is 2.25 bits per heavy atom. The number of aromatic nitrogens is 2. The van der Waals surface area contributed by atoms with Gasteiger partial charge in [0.1, 0.15) is 5.69 Å². The van der Waals surface area contributed by atoms with Crippen LogP contribution in [0.15, 0.2) is 15.4 Å². The van der Waals surface area contributed by atoms with Gasteiger partial charge >= 0.3 is 5.63 Å². The Labute approximate surface area is 68.2 Å². The number of H-pyrrole nitrogens is 1. The second kappa shape index (κ2) is 2.20. The molecule has 0 atom stereocenters. The van der Waals surface area contributed by atoms with Crippen molar-refractivity contribution in [2.24, 2.45) is 0 Å². The first-order chi connectivity index (χ1) is 5.68. The molecule has 12 heavy (non-hydrogen) atoms. The van der Waals surface area contributed by atoms with Gasteiger partial charge in [0.05, 0.1) is 10.9 Å². The average molecular weight is 164 g/mol. The number of rotatable bonds is 0. The predicted octanol–water partition coefficient (Wildman–Crippen LogP) is 1.13. The maximum absolute atomic E-state index is 11.1. The highest BCUT2D eigenvalue weighted by Gasteiger charge is 2.06. The summed E-state index contributed by atoms with van der Waals surface area (Å²) in [6, 6.07) is 1.76. The van der Waals surface area contributed by atoms with E-state index < -0.39 is 0 Å². The van der Waals surface area contributed by atoms with Crippen molar-refractivity contribution in [2.75, 3.05) is 0 Å². The van der Waals surface area contributed by atoms with E-state index in [1.807, 2.05) is 6.92 Å². The van der Waals surface area contributed by atoms with Gasteiger partial charge in [-0.15, -0.1) is 0 Å². The molecule has 2 aromatic rings. The lowest BCUT2D eigenvalue weighted by Crippen LogP contribution is -2.00. The number of hydrogen-bond donors (Lipinski definition) is 1. The Morgan fingerprint density at radius 1 is 1.50 bits per heavy atom. The SMILES string of the molecule is Cc1cc2c(=O)onc(C)c2[nH]1. The maximum Gasteiger partial charge on any atom is 0.367 e. The maximum atomic E-state index is 11.1. The minimum Gasteiger partial charge on any atom is -0.357 e. The van der Waals surface area contributed by atoms with Gasteiger partial charge < -0.3 is 9.51 Å². The van der Waals surface area contributed by atoms with Crippen LogP contribution in [-0.2, 0) is 0 Å². The van der Waals surface area contributed by atoms with Crippen molar-refractivity contribution in [1.82, 2.24) is 10.1 Å². The van der Waals surface area contributed by atoms with Crippen LogP contribution < -0.4 is 5.63 Å². The Balaban J connectivity index is 3.03. The molecule has 0 radical (unpaired) electrons. The third-order valence-electron chi connectivity index (χ3n) is 1.80. The van der Waals surface area contributed by atoms with Crippen LogP contribution in [0.3, 0.4) is 0 Å². The Bertz CT molecular complexity index is 481. The molecule has 2 rings (SSSR count). The van der Waals surface area contributed by atoms with Crippen molar-refractivity contribution < 1.29 is 4.52 Å². The van der Waals surface area contributed by atoms with Crippen molar-refractivity contribution >= 4 is 10.9 Å². The van der Waals surface area contributed by atoms with Gasteiger partial charge in [0.25, 0.3) is 0 Å². The second-order valence-corrected chi connectivity index (χ2v) is 2.80. The van der Waals surface area contributed by atoms with E-state index in [9.17, 15) is 4.79 Å². The molecular formula is C8H8N2O2. The van der Waals surface area contributed by atoms with Crippen LogP contribution >= 0.6 is 0 Å². The topological polar surface area (TPSA) is 58.9 Å². The molecule has 0 aromatic carbocycles. The summed E-state index contributed by atoms with van der Waals surface area (Å²) in [7, 11) is 0. The van der Waals surface area contributed by atoms with Crippen LogP contribution in [-0.4, -0.2) is 10.1 Å². The summed E-state index contributed by atoms with van der Waals surface area (Å²) in [4.78, 5) is 14.1. The van der Waals surface area contributed by atoms with Gasteiger partial charge in [0.15, 0.2) is 0 Å². The Hall–Kier alpha value is -1.58. The van der Waals surface area contributed by atoms with Crippen LogP contribution in [0.4, 0.5) is 0 Å². The average Bonchev–Trinajstić information content (AvgIpc) is 2.41. The molecule has 0 unspecified atom stereocenters. The van der Waals surface area contributed by atoms with E-state index in [1.165, 1.54) is 0 Å². The van der Waals surface area contributed by atoms with Crippen LogP contribution in [0.25, 0.3) is 10.9 Å². The third kappa shape index (κ3) is 0.845. The van der Waals surface area contributed by atoms with Gasteiger partial charge in [-0.05, 0) is 19.9 Å². The molecule has 0 fully saturated rings. The summed E-state index contributed by atoms with van der Waals surface area (Å²) >= 11 is 0. The summed E-state index contributed by atoms with van der Waals surface area (Å²) in [6.45, 7) is 3.68.